The maximum Gasteiger partial charge on any atom is 0.316 e. The molecule has 132 valence electrons. The molecule has 1 N–H and O–H groups in total. The van der Waals surface area contributed by atoms with Gasteiger partial charge in [-0.15, -0.1) is 11.8 Å². The van der Waals surface area contributed by atoms with Gasteiger partial charge in [-0.25, -0.2) is 8.42 Å². The second-order valence-electron chi connectivity index (χ2n) is 5.29. The van der Waals surface area contributed by atoms with Crippen LogP contribution in [-0.4, -0.2) is 57.3 Å². The van der Waals surface area contributed by atoms with Crippen molar-refractivity contribution < 1.29 is 27.5 Å². The standard InChI is InChI=1S/C15H19NO6S2/c1-21-12-2-4-13(5-3-12)23-9-15(18)22-8-14(17)16-11-6-7-24(19,20)10-11/h2-5,11H,6-10H2,1H3,(H,16,17)/t11-/m0/s1. The lowest BCUT2D eigenvalue weighted by Crippen LogP contribution is -2.38. The van der Waals surface area contributed by atoms with Crippen LogP contribution in [0.1, 0.15) is 6.42 Å². The zero-order valence-electron chi connectivity index (χ0n) is 13.2. The molecule has 1 amide bonds. The molecule has 0 aromatic heterocycles. The van der Waals surface area contributed by atoms with E-state index >= 15 is 0 Å². The van der Waals surface area contributed by atoms with E-state index in [0.29, 0.717) is 6.42 Å². The number of carbonyl (C=O) groups excluding carboxylic acids is 2. The van der Waals surface area contributed by atoms with Crippen LogP contribution < -0.4 is 10.1 Å². The minimum atomic E-state index is -3.05. The lowest BCUT2D eigenvalue weighted by Gasteiger charge is -2.11. The van der Waals surface area contributed by atoms with E-state index in [1.165, 1.54) is 11.8 Å². The Labute approximate surface area is 145 Å². The van der Waals surface area contributed by atoms with Gasteiger partial charge in [0.1, 0.15) is 5.75 Å². The first kappa shape index (κ1) is 18.6. The van der Waals surface area contributed by atoms with E-state index < -0.39 is 34.4 Å². The Bertz CT molecular complexity index is 686. The number of nitrogens with one attached hydrogen (secondary N) is 1. The fraction of sp³-hybridized carbons (Fsp3) is 0.467. The van der Waals surface area contributed by atoms with E-state index in [4.69, 9.17) is 9.47 Å². The van der Waals surface area contributed by atoms with Gasteiger partial charge in [-0.1, -0.05) is 0 Å². The number of sulfone groups is 1. The number of rotatable bonds is 7. The fourth-order valence-corrected chi connectivity index (χ4v) is 4.55. The van der Waals surface area contributed by atoms with E-state index in [0.717, 1.165) is 10.6 Å². The Kier molecular flexibility index (Phi) is 6.50. The number of carbonyl (C=O) groups is 2. The molecule has 0 bridgehead atoms. The molecule has 0 saturated carbocycles. The van der Waals surface area contributed by atoms with Crippen molar-refractivity contribution in [2.75, 3.05) is 31.0 Å². The molecule has 1 aliphatic heterocycles. The van der Waals surface area contributed by atoms with Gasteiger partial charge < -0.3 is 14.8 Å². The molecule has 7 nitrogen and oxygen atoms in total. The Morgan fingerprint density at radius 3 is 2.58 bits per heavy atom. The van der Waals surface area contributed by atoms with Crippen LogP contribution in [0.3, 0.4) is 0 Å². The van der Waals surface area contributed by atoms with Crippen molar-refractivity contribution in [2.45, 2.75) is 17.4 Å². The minimum Gasteiger partial charge on any atom is -0.497 e. The van der Waals surface area contributed by atoms with E-state index in [1.54, 1.807) is 19.2 Å². The van der Waals surface area contributed by atoms with Crippen LogP contribution in [-0.2, 0) is 24.2 Å². The lowest BCUT2D eigenvalue weighted by atomic mass is 10.2. The third-order valence-electron chi connectivity index (χ3n) is 3.38. The van der Waals surface area contributed by atoms with Gasteiger partial charge in [-0.05, 0) is 30.7 Å². The van der Waals surface area contributed by atoms with Crippen molar-refractivity contribution in [3.05, 3.63) is 24.3 Å². The summed E-state index contributed by atoms with van der Waals surface area (Å²) in [6.45, 7) is -0.404. The summed E-state index contributed by atoms with van der Waals surface area (Å²) >= 11 is 1.29. The van der Waals surface area contributed by atoms with E-state index in [9.17, 15) is 18.0 Å². The second kappa shape index (κ2) is 8.39. The Hall–Kier alpha value is -1.74. The lowest BCUT2D eigenvalue weighted by molar-refractivity contribution is -0.146. The maximum absolute atomic E-state index is 11.7. The SMILES string of the molecule is COc1ccc(SCC(=O)OCC(=O)N[C@H]2CCS(=O)(=O)C2)cc1. The molecule has 1 aliphatic rings. The average Bonchev–Trinajstić information content (AvgIpc) is 2.90. The van der Waals surface area contributed by atoms with Crippen LogP contribution in [0, 0.1) is 0 Å². The van der Waals surface area contributed by atoms with Gasteiger partial charge in [-0.2, -0.15) is 0 Å². The number of benzene rings is 1. The molecule has 9 heteroatoms. The normalized spacial score (nSPS) is 18.8. The van der Waals surface area contributed by atoms with Crippen LogP contribution in [0.2, 0.25) is 0 Å². The summed E-state index contributed by atoms with van der Waals surface area (Å²) in [4.78, 5) is 24.2. The Morgan fingerprint density at radius 1 is 1.29 bits per heavy atom. The minimum absolute atomic E-state index is 0.0555. The summed E-state index contributed by atoms with van der Waals surface area (Å²) in [6.07, 6.45) is 0.398. The highest BCUT2D eigenvalue weighted by Crippen LogP contribution is 2.21. The highest BCUT2D eigenvalue weighted by molar-refractivity contribution is 8.00. The first-order valence-corrected chi connectivity index (χ1v) is 10.1. The molecule has 0 spiro atoms. The zero-order valence-corrected chi connectivity index (χ0v) is 14.8. The highest BCUT2D eigenvalue weighted by Gasteiger charge is 2.28. The number of amides is 1. The van der Waals surface area contributed by atoms with Crippen molar-refractivity contribution in [3.63, 3.8) is 0 Å². The van der Waals surface area contributed by atoms with E-state index in [-0.39, 0.29) is 17.3 Å². The largest absolute Gasteiger partial charge is 0.497 e. The van der Waals surface area contributed by atoms with Gasteiger partial charge in [0.2, 0.25) is 0 Å². The first-order chi connectivity index (χ1) is 11.4. The molecule has 1 heterocycles. The molecule has 1 fully saturated rings. The van der Waals surface area contributed by atoms with Gasteiger partial charge in [0.05, 0.1) is 24.4 Å². The van der Waals surface area contributed by atoms with Crippen LogP contribution in [0.4, 0.5) is 0 Å². The number of thioether (sulfide) groups is 1. The van der Waals surface area contributed by atoms with E-state index in [1.807, 2.05) is 12.1 Å². The van der Waals surface area contributed by atoms with Crippen LogP contribution in [0.25, 0.3) is 0 Å². The summed E-state index contributed by atoms with van der Waals surface area (Å²) < 4.78 is 32.5. The van der Waals surface area contributed by atoms with Crippen LogP contribution >= 0.6 is 11.8 Å². The van der Waals surface area contributed by atoms with Gasteiger partial charge in [0, 0.05) is 10.9 Å². The second-order valence-corrected chi connectivity index (χ2v) is 8.57. The number of esters is 1. The fourth-order valence-electron chi connectivity index (χ4n) is 2.18. The molecule has 1 aromatic carbocycles. The number of hydrogen-bond acceptors (Lipinski definition) is 7. The molecule has 0 aliphatic carbocycles. The zero-order chi connectivity index (χ0) is 17.6. The van der Waals surface area contributed by atoms with Gasteiger partial charge in [0.25, 0.3) is 5.91 Å². The average molecular weight is 373 g/mol. The quantitative estimate of drug-likeness (QED) is 0.553. The monoisotopic (exact) mass is 373 g/mol. The Balaban J connectivity index is 1.66. The highest BCUT2D eigenvalue weighted by atomic mass is 32.2. The summed E-state index contributed by atoms with van der Waals surface area (Å²) in [5, 5.41) is 2.56. The molecular formula is C15H19NO6S2. The molecule has 2 rings (SSSR count). The number of ether oxygens (including phenoxy) is 2. The number of hydrogen-bond donors (Lipinski definition) is 1. The molecule has 1 atom stereocenters. The molecule has 0 radical (unpaired) electrons. The van der Waals surface area contributed by atoms with Crippen molar-refractivity contribution >= 4 is 33.5 Å². The van der Waals surface area contributed by atoms with Gasteiger partial charge in [-0.3, -0.25) is 9.59 Å². The van der Waals surface area contributed by atoms with Crippen LogP contribution in [0.15, 0.2) is 29.2 Å². The molecular weight excluding hydrogens is 354 g/mol. The van der Waals surface area contributed by atoms with Crippen LogP contribution in [0.5, 0.6) is 5.75 Å². The topological polar surface area (TPSA) is 98.8 Å². The van der Waals surface area contributed by atoms with Crippen molar-refractivity contribution in [2.24, 2.45) is 0 Å². The summed E-state index contributed by atoms with van der Waals surface area (Å²) in [5.74, 6) is -0.161. The summed E-state index contributed by atoms with van der Waals surface area (Å²) in [5.41, 5.74) is 0. The smallest absolute Gasteiger partial charge is 0.316 e. The van der Waals surface area contributed by atoms with Crippen molar-refractivity contribution in [1.82, 2.24) is 5.32 Å². The Morgan fingerprint density at radius 2 is 2.00 bits per heavy atom. The molecule has 24 heavy (non-hydrogen) atoms. The van der Waals surface area contributed by atoms with Gasteiger partial charge >= 0.3 is 5.97 Å². The summed E-state index contributed by atoms with van der Waals surface area (Å²) in [6, 6.07) is 6.83. The first-order valence-electron chi connectivity index (χ1n) is 7.30. The maximum atomic E-state index is 11.7. The molecule has 1 saturated heterocycles. The predicted molar refractivity (Wildman–Crippen MR) is 89.9 cm³/mol. The molecule has 1 aromatic rings. The van der Waals surface area contributed by atoms with Crippen molar-refractivity contribution in [3.8, 4) is 5.75 Å². The van der Waals surface area contributed by atoms with Crippen molar-refractivity contribution in [1.29, 1.82) is 0 Å². The third kappa shape index (κ3) is 6.04. The van der Waals surface area contributed by atoms with E-state index in [2.05, 4.69) is 5.32 Å². The summed E-state index contributed by atoms with van der Waals surface area (Å²) in [7, 11) is -1.48. The number of methoxy groups -OCH3 is 1. The third-order valence-corrected chi connectivity index (χ3v) is 6.13. The van der Waals surface area contributed by atoms with Gasteiger partial charge in [0.15, 0.2) is 16.4 Å². The molecule has 0 unspecified atom stereocenters. The predicted octanol–water partition coefficient (Wildman–Crippen LogP) is 0.634.